The van der Waals surface area contributed by atoms with E-state index in [0.717, 1.165) is 16.7 Å². The molecule has 1 heterocycles. The molecule has 8 nitrogen and oxygen atoms in total. The zero-order valence-corrected chi connectivity index (χ0v) is 22.2. The fourth-order valence-electron chi connectivity index (χ4n) is 4.04. The van der Waals surface area contributed by atoms with Crippen molar-refractivity contribution < 1.29 is 19.1 Å². The molecule has 1 aromatic heterocycles. The molecule has 40 heavy (non-hydrogen) atoms. The van der Waals surface area contributed by atoms with Gasteiger partial charge in [-0.2, -0.15) is 4.68 Å². The number of rotatable bonds is 10. The van der Waals surface area contributed by atoms with Crippen LogP contribution in [0.4, 0.5) is 10.1 Å². The maximum Gasteiger partial charge on any atom is 0.335 e. The van der Waals surface area contributed by atoms with E-state index >= 15 is 0 Å². The number of carboxylic acids is 1. The van der Waals surface area contributed by atoms with Crippen LogP contribution < -0.4 is 5.32 Å². The first-order valence-electron chi connectivity index (χ1n) is 12.2. The van der Waals surface area contributed by atoms with Crippen LogP contribution in [0.5, 0.6) is 0 Å². The average molecular weight is 558 g/mol. The minimum Gasteiger partial charge on any atom is -0.478 e. The number of benzene rings is 3. The Bertz CT molecular complexity index is 1580. The number of nitrogens with zero attached hydrogens (tertiary/aromatic N) is 4. The van der Waals surface area contributed by atoms with Crippen molar-refractivity contribution in [2.75, 3.05) is 5.32 Å². The van der Waals surface area contributed by atoms with Gasteiger partial charge < -0.3 is 10.4 Å². The van der Waals surface area contributed by atoms with Gasteiger partial charge in [0, 0.05) is 16.3 Å². The summed E-state index contributed by atoms with van der Waals surface area (Å²) in [5.74, 6) is -2.49. The highest BCUT2D eigenvalue weighted by Gasteiger charge is 2.22. The van der Waals surface area contributed by atoms with E-state index in [9.17, 15) is 14.0 Å². The molecule has 0 saturated heterocycles. The predicted octanol–water partition coefficient (Wildman–Crippen LogP) is 6.17. The lowest BCUT2D eigenvalue weighted by Gasteiger charge is -2.18. The summed E-state index contributed by atoms with van der Waals surface area (Å²) in [6.45, 7) is 6.04. The maximum absolute atomic E-state index is 13.5. The SMILES string of the molecule is C=C(/C=C\C(=C/C)c1cc(Cl)ccc1-n1cnnn1)[C@H](Cc1ccc(F)cc1)C(=O)Nc1ccc(C(=O)O)cc1. The van der Waals surface area contributed by atoms with Crippen molar-refractivity contribution in [1.82, 2.24) is 20.2 Å². The number of hydrogen-bond donors (Lipinski definition) is 2. The van der Waals surface area contributed by atoms with E-state index in [1.165, 1.54) is 47.4 Å². The molecule has 0 bridgehead atoms. The summed E-state index contributed by atoms with van der Waals surface area (Å²) in [5, 5.41) is 23.9. The van der Waals surface area contributed by atoms with Crippen molar-refractivity contribution in [2.24, 2.45) is 5.92 Å². The predicted molar refractivity (Wildman–Crippen MR) is 152 cm³/mol. The van der Waals surface area contributed by atoms with Gasteiger partial charge in [0.15, 0.2) is 0 Å². The fourth-order valence-corrected chi connectivity index (χ4v) is 4.21. The second-order valence-corrected chi connectivity index (χ2v) is 9.26. The molecule has 10 heteroatoms. The van der Waals surface area contributed by atoms with E-state index in [2.05, 4.69) is 27.4 Å². The Kier molecular flexibility index (Phi) is 8.98. The summed E-state index contributed by atoms with van der Waals surface area (Å²) >= 11 is 6.30. The zero-order valence-electron chi connectivity index (χ0n) is 21.5. The smallest absolute Gasteiger partial charge is 0.335 e. The summed E-state index contributed by atoms with van der Waals surface area (Å²) < 4.78 is 15.0. The summed E-state index contributed by atoms with van der Waals surface area (Å²) in [6, 6.07) is 17.1. The van der Waals surface area contributed by atoms with E-state index in [0.29, 0.717) is 22.0 Å². The first-order valence-corrected chi connectivity index (χ1v) is 12.6. The highest BCUT2D eigenvalue weighted by Crippen LogP contribution is 2.28. The lowest BCUT2D eigenvalue weighted by atomic mass is 9.90. The van der Waals surface area contributed by atoms with Gasteiger partial charge in [-0.25, -0.2) is 9.18 Å². The highest BCUT2D eigenvalue weighted by molar-refractivity contribution is 6.30. The normalized spacial score (nSPS) is 12.3. The van der Waals surface area contributed by atoms with Crippen LogP contribution in [0.1, 0.15) is 28.4 Å². The third-order valence-corrected chi connectivity index (χ3v) is 6.41. The van der Waals surface area contributed by atoms with Gasteiger partial charge in [-0.1, -0.05) is 48.5 Å². The number of amides is 1. The van der Waals surface area contributed by atoms with E-state index in [4.69, 9.17) is 16.7 Å². The van der Waals surface area contributed by atoms with Gasteiger partial charge in [0.25, 0.3) is 0 Å². The Morgan fingerprint density at radius 1 is 1.10 bits per heavy atom. The van der Waals surface area contributed by atoms with Gasteiger partial charge in [0.1, 0.15) is 12.1 Å². The van der Waals surface area contributed by atoms with Crippen molar-refractivity contribution in [3.8, 4) is 5.69 Å². The molecule has 0 aliphatic carbocycles. The Balaban J connectivity index is 1.61. The Hall–Kier alpha value is -4.89. The molecule has 0 unspecified atom stereocenters. The van der Waals surface area contributed by atoms with E-state index < -0.39 is 11.9 Å². The lowest BCUT2D eigenvalue weighted by molar-refractivity contribution is -0.118. The monoisotopic (exact) mass is 557 g/mol. The van der Waals surface area contributed by atoms with Crippen LogP contribution >= 0.6 is 11.6 Å². The van der Waals surface area contributed by atoms with Gasteiger partial charge in [-0.05, 0) is 95.1 Å². The van der Waals surface area contributed by atoms with Crippen LogP contribution in [-0.2, 0) is 11.2 Å². The minimum atomic E-state index is -1.06. The first kappa shape index (κ1) is 28.1. The fraction of sp³-hybridized carbons (Fsp3) is 0.100. The van der Waals surface area contributed by atoms with Crippen molar-refractivity contribution in [1.29, 1.82) is 0 Å². The van der Waals surface area contributed by atoms with Crippen LogP contribution in [0.3, 0.4) is 0 Å². The highest BCUT2D eigenvalue weighted by atomic mass is 35.5. The summed E-state index contributed by atoms with van der Waals surface area (Å²) in [7, 11) is 0. The Labute approximate surface area is 235 Å². The topological polar surface area (TPSA) is 110 Å². The minimum absolute atomic E-state index is 0.106. The van der Waals surface area contributed by atoms with E-state index in [1.807, 2.05) is 19.1 Å². The number of halogens is 2. The lowest BCUT2D eigenvalue weighted by Crippen LogP contribution is -2.25. The van der Waals surface area contributed by atoms with Crippen molar-refractivity contribution >= 4 is 34.7 Å². The zero-order chi connectivity index (χ0) is 28.6. The number of hydrogen-bond acceptors (Lipinski definition) is 5. The Morgan fingerprint density at radius 3 is 2.45 bits per heavy atom. The third kappa shape index (κ3) is 6.95. The van der Waals surface area contributed by atoms with Crippen LogP contribution in [0.2, 0.25) is 5.02 Å². The van der Waals surface area contributed by atoms with Crippen molar-refractivity contribution in [2.45, 2.75) is 13.3 Å². The molecule has 1 amide bonds. The number of carboxylic acid groups (broad SMARTS) is 1. The van der Waals surface area contributed by atoms with E-state index in [1.54, 1.807) is 36.4 Å². The van der Waals surface area contributed by atoms with Crippen LogP contribution in [0.15, 0.2) is 103 Å². The summed E-state index contributed by atoms with van der Waals surface area (Å²) in [6.07, 6.45) is 7.22. The number of nitrogens with one attached hydrogen (secondary N) is 1. The average Bonchev–Trinajstić information content (AvgIpc) is 3.48. The van der Waals surface area contributed by atoms with Crippen LogP contribution in [-0.4, -0.2) is 37.2 Å². The molecule has 4 aromatic rings. The van der Waals surface area contributed by atoms with Crippen LogP contribution in [0, 0.1) is 11.7 Å². The van der Waals surface area contributed by atoms with Crippen molar-refractivity contribution in [3.05, 3.63) is 131 Å². The molecule has 2 N–H and O–H groups in total. The number of aromatic nitrogens is 4. The number of tetrazole rings is 1. The molecule has 4 rings (SSSR count). The maximum atomic E-state index is 13.5. The van der Waals surface area contributed by atoms with Gasteiger partial charge >= 0.3 is 5.97 Å². The van der Waals surface area contributed by atoms with Gasteiger partial charge in [0.2, 0.25) is 5.91 Å². The molecule has 202 valence electrons. The second kappa shape index (κ2) is 12.8. The van der Waals surface area contributed by atoms with Crippen LogP contribution in [0.25, 0.3) is 11.3 Å². The van der Waals surface area contributed by atoms with E-state index in [-0.39, 0.29) is 23.7 Å². The number of allylic oxidation sites excluding steroid dienone is 4. The standard InChI is InChI=1S/C30H25ClFN5O3/c1-3-21(27-17-23(31)10-15-28(27)37-18-33-35-36-37)7-4-19(2)26(16-20-5-11-24(32)12-6-20)29(38)34-25-13-8-22(9-14-25)30(39)40/h3-15,17-18,26H,2,16H2,1H3,(H,34,38)(H,39,40)/b7-4-,21-3+/t26-/m0/s1. The molecule has 0 aliphatic rings. The molecule has 0 aliphatic heterocycles. The van der Waals surface area contributed by atoms with Gasteiger partial charge in [0.05, 0.1) is 17.2 Å². The first-order chi connectivity index (χ1) is 19.2. The number of aromatic carboxylic acids is 1. The molecule has 1 atom stereocenters. The third-order valence-electron chi connectivity index (χ3n) is 6.17. The summed E-state index contributed by atoms with van der Waals surface area (Å²) in [5.41, 5.74) is 4.07. The second-order valence-electron chi connectivity index (χ2n) is 8.82. The molecule has 0 radical (unpaired) electrons. The van der Waals surface area contributed by atoms with Crippen molar-refractivity contribution in [3.63, 3.8) is 0 Å². The Morgan fingerprint density at radius 2 is 1.82 bits per heavy atom. The molecule has 0 fully saturated rings. The number of carbonyl (C=O) groups is 2. The number of carbonyl (C=O) groups excluding carboxylic acids is 1. The summed E-state index contributed by atoms with van der Waals surface area (Å²) in [4.78, 5) is 24.6. The molecule has 0 saturated carbocycles. The molecule has 0 spiro atoms. The number of anilines is 1. The van der Waals surface area contributed by atoms with Gasteiger partial charge in [-0.15, -0.1) is 5.10 Å². The van der Waals surface area contributed by atoms with Gasteiger partial charge in [-0.3, -0.25) is 4.79 Å². The molecular weight excluding hydrogens is 533 g/mol. The molecule has 3 aromatic carbocycles. The quantitative estimate of drug-likeness (QED) is 0.226. The largest absolute Gasteiger partial charge is 0.478 e. The molecular formula is C30H25ClFN5O3.